The summed E-state index contributed by atoms with van der Waals surface area (Å²) in [6.45, 7) is 7.25. The molecule has 2 N–H and O–H groups in total. The van der Waals surface area contributed by atoms with Crippen molar-refractivity contribution in [3.05, 3.63) is 62.1 Å². The van der Waals surface area contributed by atoms with E-state index in [0.29, 0.717) is 10.0 Å². The van der Waals surface area contributed by atoms with E-state index in [0.717, 1.165) is 28.3 Å². The van der Waals surface area contributed by atoms with Crippen LogP contribution in [0.5, 0.6) is 0 Å². The largest absolute Gasteiger partial charge is 0.454 e. The van der Waals surface area contributed by atoms with E-state index in [1.165, 1.54) is 12.1 Å². The van der Waals surface area contributed by atoms with Crippen LogP contribution in [0.15, 0.2) is 33.6 Å². The Morgan fingerprint density at radius 1 is 1.00 bits per heavy atom. The number of carbonyl (C=O) groups is 2. The molecule has 2 aromatic carbocycles. The minimum absolute atomic E-state index is 0.0256. The second-order valence-electron chi connectivity index (χ2n) is 6.30. The van der Waals surface area contributed by atoms with Crippen molar-refractivity contribution in [1.82, 2.24) is 0 Å². The summed E-state index contributed by atoms with van der Waals surface area (Å²) < 4.78 is 28.4. The fourth-order valence-corrected chi connectivity index (χ4v) is 3.57. The summed E-state index contributed by atoms with van der Waals surface area (Å²) in [5.41, 5.74) is 4.44. The van der Waals surface area contributed by atoms with Crippen molar-refractivity contribution in [2.75, 3.05) is 6.61 Å². The molecule has 0 radical (unpaired) electrons. The van der Waals surface area contributed by atoms with Gasteiger partial charge in [-0.15, -0.1) is 0 Å². The van der Waals surface area contributed by atoms with Crippen LogP contribution in [0.3, 0.4) is 0 Å². The molecule has 2 rings (SSSR count). The molecule has 0 spiro atoms. The highest BCUT2D eigenvalue weighted by atomic mass is 79.9. The van der Waals surface area contributed by atoms with E-state index >= 15 is 0 Å². The second-order valence-corrected chi connectivity index (χ2v) is 8.72. The van der Waals surface area contributed by atoms with Gasteiger partial charge >= 0.3 is 5.97 Å². The lowest BCUT2D eigenvalue weighted by Crippen LogP contribution is -2.17. The van der Waals surface area contributed by atoms with Crippen molar-refractivity contribution in [3.8, 4) is 0 Å². The molecule has 0 saturated carbocycles. The number of hydrogen-bond donors (Lipinski definition) is 1. The van der Waals surface area contributed by atoms with E-state index in [1.54, 1.807) is 6.07 Å². The number of halogens is 1. The van der Waals surface area contributed by atoms with Crippen LogP contribution in [-0.4, -0.2) is 26.8 Å². The Morgan fingerprint density at radius 3 is 2.22 bits per heavy atom. The first-order valence-electron chi connectivity index (χ1n) is 8.03. The van der Waals surface area contributed by atoms with Crippen LogP contribution in [0.1, 0.15) is 43.0 Å². The lowest BCUT2D eigenvalue weighted by molar-refractivity contribution is 0.0473. The van der Waals surface area contributed by atoms with Crippen LogP contribution in [-0.2, 0) is 14.8 Å². The number of esters is 1. The summed E-state index contributed by atoms with van der Waals surface area (Å²) in [5, 5.41) is 5.08. The van der Waals surface area contributed by atoms with E-state index in [-0.39, 0.29) is 16.2 Å². The van der Waals surface area contributed by atoms with Crippen molar-refractivity contribution in [3.63, 3.8) is 0 Å². The van der Waals surface area contributed by atoms with Gasteiger partial charge in [-0.2, -0.15) is 0 Å². The SMILES string of the molecule is Cc1cc(C(=O)COC(=O)c2cc(S(N)(=O)=O)ccc2Br)c(C)c(C)c1C. The molecule has 0 unspecified atom stereocenters. The maximum absolute atomic E-state index is 12.5. The first-order chi connectivity index (χ1) is 12.4. The van der Waals surface area contributed by atoms with Gasteiger partial charge in [0.2, 0.25) is 15.8 Å². The Hall–Kier alpha value is -2.03. The van der Waals surface area contributed by atoms with Gasteiger partial charge in [0, 0.05) is 10.0 Å². The van der Waals surface area contributed by atoms with Gasteiger partial charge in [-0.3, -0.25) is 4.79 Å². The van der Waals surface area contributed by atoms with Crippen molar-refractivity contribution in [1.29, 1.82) is 0 Å². The minimum Gasteiger partial charge on any atom is -0.454 e. The molecule has 0 aliphatic carbocycles. The van der Waals surface area contributed by atoms with Crippen LogP contribution >= 0.6 is 15.9 Å². The number of nitrogens with two attached hydrogens (primary N) is 1. The zero-order valence-corrected chi connectivity index (χ0v) is 17.8. The normalized spacial score (nSPS) is 11.3. The first-order valence-corrected chi connectivity index (χ1v) is 10.4. The molecule has 0 atom stereocenters. The molecule has 27 heavy (non-hydrogen) atoms. The quantitative estimate of drug-likeness (QED) is 0.551. The number of benzene rings is 2. The van der Waals surface area contributed by atoms with E-state index in [9.17, 15) is 18.0 Å². The monoisotopic (exact) mass is 453 g/mol. The van der Waals surface area contributed by atoms with Gasteiger partial charge in [0.25, 0.3) is 0 Å². The third kappa shape index (κ3) is 4.63. The maximum Gasteiger partial charge on any atom is 0.339 e. The molecular weight excluding hydrogens is 434 g/mol. The average Bonchev–Trinajstić information content (AvgIpc) is 2.60. The fourth-order valence-electron chi connectivity index (χ4n) is 2.63. The summed E-state index contributed by atoms with van der Waals surface area (Å²) >= 11 is 3.17. The van der Waals surface area contributed by atoms with Crippen molar-refractivity contribution in [2.24, 2.45) is 5.14 Å². The number of hydrogen-bond acceptors (Lipinski definition) is 5. The molecule has 0 amide bonds. The number of ether oxygens (including phenoxy) is 1. The molecule has 0 aromatic heterocycles. The van der Waals surface area contributed by atoms with Gasteiger partial charge in [-0.05, 0) is 90.1 Å². The Kier molecular flexibility index (Phi) is 6.24. The van der Waals surface area contributed by atoms with E-state index in [2.05, 4.69) is 15.9 Å². The summed E-state index contributed by atoms with van der Waals surface area (Å²) in [4.78, 5) is 24.6. The molecule has 8 heteroatoms. The molecule has 0 bridgehead atoms. The van der Waals surface area contributed by atoms with Gasteiger partial charge in [0.1, 0.15) is 0 Å². The van der Waals surface area contributed by atoms with Gasteiger partial charge in [-0.25, -0.2) is 18.4 Å². The van der Waals surface area contributed by atoms with Crippen LogP contribution in [0, 0.1) is 27.7 Å². The summed E-state index contributed by atoms with van der Waals surface area (Å²) in [6, 6.07) is 5.54. The maximum atomic E-state index is 12.5. The predicted octanol–water partition coefficient (Wildman–Crippen LogP) is 3.37. The number of rotatable bonds is 5. The highest BCUT2D eigenvalue weighted by molar-refractivity contribution is 9.10. The van der Waals surface area contributed by atoms with Crippen molar-refractivity contribution in [2.45, 2.75) is 32.6 Å². The molecule has 0 fully saturated rings. The molecule has 0 saturated heterocycles. The number of Topliss-reactive ketones (excluding diaryl/α,β-unsaturated/α-hetero) is 1. The number of carbonyl (C=O) groups excluding carboxylic acids is 2. The predicted molar refractivity (Wildman–Crippen MR) is 106 cm³/mol. The summed E-state index contributed by atoms with van der Waals surface area (Å²) in [7, 11) is -3.96. The third-order valence-corrected chi connectivity index (χ3v) is 6.20. The van der Waals surface area contributed by atoms with Gasteiger partial charge in [-0.1, -0.05) is 0 Å². The Bertz CT molecular complexity index is 1040. The second kappa shape index (κ2) is 7.92. The highest BCUT2D eigenvalue weighted by Crippen LogP contribution is 2.23. The summed E-state index contributed by atoms with van der Waals surface area (Å²) in [5.74, 6) is -1.15. The topological polar surface area (TPSA) is 104 Å². The Balaban J connectivity index is 2.23. The molecule has 0 aliphatic heterocycles. The highest BCUT2D eigenvalue weighted by Gasteiger charge is 2.19. The zero-order valence-electron chi connectivity index (χ0n) is 15.4. The van der Waals surface area contributed by atoms with Gasteiger partial charge < -0.3 is 4.74 Å². The lowest BCUT2D eigenvalue weighted by atomic mass is 9.93. The minimum atomic E-state index is -3.96. The number of sulfonamides is 1. The van der Waals surface area contributed by atoms with Crippen LogP contribution < -0.4 is 5.14 Å². The first kappa shape index (κ1) is 21.3. The lowest BCUT2D eigenvalue weighted by Gasteiger charge is -2.14. The Morgan fingerprint density at radius 2 is 1.63 bits per heavy atom. The average molecular weight is 454 g/mol. The van der Waals surface area contributed by atoms with E-state index in [4.69, 9.17) is 9.88 Å². The third-order valence-electron chi connectivity index (χ3n) is 4.60. The Labute approximate surface area is 166 Å². The number of primary sulfonamides is 1. The molecule has 144 valence electrons. The van der Waals surface area contributed by atoms with Crippen molar-refractivity contribution >= 4 is 37.7 Å². The smallest absolute Gasteiger partial charge is 0.339 e. The molecule has 6 nitrogen and oxygen atoms in total. The van der Waals surface area contributed by atoms with Crippen LogP contribution in [0.4, 0.5) is 0 Å². The van der Waals surface area contributed by atoms with Gasteiger partial charge in [0.15, 0.2) is 6.61 Å². The number of aryl methyl sites for hydroxylation is 1. The van der Waals surface area contributed by atoms with E-state index < -0.39 is 22.6 Å². The standard InChI is InChI=1S/C19H20BrNO5S/c1-10-7-15(13(4)12(3)11(10)2)18(22)9-26-19(23)16-8-14(27(21,24)25)5-6-17(16)20/h5-8H,9H2,1-4H3,(H2,21,24,25). The molecule has 0 heterocycles. The van der Waals surface area contributed by atoms with Crippen LogP contribution in [0.25, 0.3) is 0 Å². The zero-order chi connectivity index (χ0) is 20.5. The van der Waals surface area contributed by atoms with Gasteiger partial charge in [0.05, 0.1) is 10.5 Å². The summed E-state index contributed by atoms with van der Waals surface area (Å²) in [6.07, 6.45) is 0. The fraction of sp³-hybridized carbons (Fsp3) is 0.263. The number of ketones is 1. The van der Waals surface area contributed by atoms with E-state index in [1.807, 2.05) is 27.7 Å². The molecular formula is C19H20BrNO5S. The molecule has 0 aliphatic rings. The van der Waals surface area contributed by atoms with Crippen LogP contribution in [0.2, 0.25) is 0 Å². The van der Waals surface area contributed by atoms with Crippen molar-refractivity contribution < 1.29 is 22.7 Å². The molecule has 2 aromatic rings.